The molecule has 0 aromatic carbocycles. The molecule has 1 aliphatic heterocycles. The van der Waals surface area contributed by atoms with Crippen LogP contribution in [0.4, 0.5) is 0 Å². The summed E-state index contributed by atoms with van der Waals surface area (Å²) in [7, 11) is 0. The zero-order valence-electron chi connectivity index (χ0n) is 12.5. The van der Waals surface area contributed by atoms with Crippen LogP contribution in [0.3, 0.4) is 0 Å². The molecule has 0 spiro atoms. The largest absolute Gasteiger partial charge is 0.495 e. The molecule has 1 nitrogen and oxygen atoms in total. The van der Waals surface area contributed by atoms with Gasteiger partial charge < -0.3 is 4.74 Å². The Balaban J connectivity index is 1.99. The number of fused-ring (bicyclic) bond motifs is 3. The minimum Gasteiger partial charge on any atom is -0.495 e. The van der Waals surface area contributed by atoms with Gasteiger partial charge in [-0.1, -0.05) is 27.2 Å². The molecule has 2 fully saturated rings. The molecule has 4 atom stereocenters. The summed E-state index contributed by atoms with van der Waals surface area (Å²) < 4.78 is 6.07. The van der Waals surface area contributed by atoms with Gasteiger partial charge in [0, 0.05) is 5.92 Å². The monoisotopic (exact) mass is 248 g/mol. The maximum atomic E-state index is 6.07. The van der Waals surface area contributed by atoms with Crippen molar-refractivity contribution in [1.82, 2.24) is 0 Å². The third kappa shape index (κ3) is 1.58. The molecule has 0 N–H and O–H groups in total. The van der Waals surface area contributed by atoms with Crippen LogP contribution in [-0.2, 0) is 4.74 Å². The molecule has 3 aliphatic rings. The fourth-order valence-corrected chi connectivity index (χ4v) is 5.66. The second kappa shape index (κ2) is 3.77. The van der Waals surface area contributed by atoms with Crippen LogP contribution in [0.2, 0.25) is 0 Å². The Bertz CT molecular complexity index is 370. The van der Waals surface area contributed by atoms with E-state index in [0.717, 1.165) is 5.92 Å². The third-order valence-corrected chi connectivity index (χ3v) is 6.54. The molecular formula is C17H28O. The van der Waals surface area contributed by atoms with E-state index >= 15 is 0 Å². The van der Waals surface area contributed by atoms with Crippen molar-refractivity contribution in [1.29, 1.82) is 0 Å². The normalized spacial score (nSPS) is 50.0. The van der Waals surface area contributed by atoms with E-state index in [1.54, 1.807) is 0 Å². The predicted molar refractivity (Wildman–Crippen MR) is 75.2 cm³/mol. The van der Waals surface area contributed by atoms with Gasteiger partial charge in [-0.05, 0) is 61.9 Å². The Morgan fingerprint density at radius 3 is 2.56 bits per heavy atom. The zero-order chi connectivity index (χ0) is 13.0. The topological polar surface area (TPSA) is 9.23 Å². The van der Waals surface area contributed by atoms with Crippen LogP contribution in [-0.4, -0.2) is 5.60 Å². The van der Waals surface area contributed by atoms with Crippen molar-refractivity contribution in [3.8, 4) is 0 Å². The molecule has 0 bridgehead atoms. The van der Waals surface area contributed by atoms with Gasteiger partial charge in [0.2, 0.25) is 0 Å². The minimum absolute atomic E-state index is 0.105. The molecule has 0 aromatic heterocycles. The van der Waals surface area contributed by atoms with Crippen LogP contribution in [0.15, 0.2) is 12.3 Å². The van der Waals surface area contributed by atoms with Crippen molar-refractivity contribution in [2.24, 2.45) is 22.7 Å². The minimum atomic E-state index is 0.105. The lowest BCUT2D eigenvalue weighted by atomic mass is 9.45. The van der Waals surface area contributed by atoms with Gasteiger partial charge >= 0.3 is 0 Å². The maximum absolute atomic E-state index is 6.07. The fraction of sp³-hybridized carbons (Fsp3) is 0.882. The molecule has 2 aliphatic carbocycles. The second-order valence-electron chi connectivity index (χ2n) is 8.03. The van der Waals surface area contributed by atoms with Crippen LogP contribution in [0.25, 0.3) is 0 Å². The zero-order valence-corrected chi connectivity index (χ0v) is 12.5. The molecule has 0 radical (unpaired) electrons. The summed E-state index contributed by atoms with van der Waals surface area (Å²) >= 11 is 0. The van der Waals surface area contributed by atoms with Crippen LogP contribution >= 0.6 is 0 Å². The van der Waals surface area contributed by atoms with Gasteiger partial charge in [0.25, 0.3) is 0 Å². The Kier molecular flexibility index (Phi) is 2.63. The molecule has 0 amide bonds. The third-order valence-electron chi connectivity index (χ3n) is 6.54. The molecule has 2 saturated carbocycles. The molecule has 0 aromatic rings. The number of rotatable bonds is 0. The highest BCUT2D eigenvalue weighted by atomic mass is 16.5. The van der Waals surface area contributed by atoms with Gasteiger partial charge in [0.1, 0.15) is 5.60 Å². The van der Waals surface area contributed by atoms with Gasteiger partial charge in [-0.25, -0.2) is 0 Å². The first-order chi connectivity index (χ1) is 8.39. The average molecular weight is 248 g/mol. The van der Waals surface area contributed by atoms with E-state index in [1.165, 1.54) is 38.5 Å². The van der Waals surface area contributed by atoms with Crippen LogP contribution in [0, 0.1) is 22.7 Å². The van der Waals surface area contributed by atoms with Crippen molar-refractivity contribution in [2.45, 2.75) is 71.8 Å². The maximum Gasteiger partial charge on any atom is 0.109 e. The summed E-state index contributed by atoms with van der Waals surface area (Å²) in [6.07, 6.45) is 12.2. The molecule has 1 heterocycles. The molecule has 18 heavy (non-hydrogen) atoms. The fourth-order valence-electron chi connectivity index (χ4n) is 5.66. The van der Waals surface area contributed by atoms with Gasteiger partial charge in [-0.15, -0.1) is 0 Å². The van der Waals surface area contributed by atoms with Gasteiger partial charge in [-0.3, -0.25) is 0 Å². The predicted octanol–water partition coefficient (Wildman–Crippen LogP) is 4.92. The number of hydrogen-bond acceptors (Lipinski definition) is 1. The van der Waals surface area contributed by atoms with E-state index in [4.69, 9.17) is 4.74 Å². The lowest BCUT2D eigenvalue weighted by Crippen LogP contribution is -2.58. The first-order valence-electron chi connectivity index (χ1n) is 7.71. The molecular weight excluding hydrogens is 220 g/mol. The molecule has 102 valence electrons. The number of ether oxygens (including phenoxy) is 1. The second-order valence-corrected chi connectivity index (χ2v) is 8.03. The Hall–Kier alpha value is -0.460. The quantitative estimate of drug-likeness (QED) is 0.591. The van der Waals surface area contributed by atoms with Crippen molar-refractivity contribution in [3.63, 3.8) is 0 Å². The molecule has 4 unspecified atom stereocenters. The molecule has 0 saturated heterocycles. The number of hydrogen-bond donors (Lipinski definition) is 0. The summed E-state index contributed by atoms with van der Waals surface area (Å²) in [4.78, 5) is 0. The summed E-state index contributed by atoms with van der Waals surface area (Å²) in [5.74, 6) is 1.60. The van der Waals surface area contributed by atoms with Crippen LogP contribution < -0.4 is 0 Å². The highest BCUT2D eigenvalue weighted by Gasteiger charge is 2.59. The summed E-state index contributed by atoms with van der Waals surface area (Å²) in [6, 6.07) is 0. The highest BCUT2D eigenvalue weighted by molar-refractivity contribution is 5.11. The lowest BCUT2D eigenvalue weighted by Gasteiger charge is -2.62. The highest BCUT2D eigenvalue weighted by Crippen LogP contribution is 2.64. The van der Waals surface area contributed by atoms with Gasteiger partial charge in [0.05, 0.1) is 6.26 Å². The summed E-state index contributed by atoms with van der Waals surface area (Å²) in [6.45, 7) is 9.90. The van der Waals surface area contributed by atoms with Crippen LogP contribution in [0.5, 0.6) is 0 Å². The van der Waals surface area contributed by atoms with E-state index in [2.05, 4.69) is 33.8 Å². The van der Waals surface area contributed by atoms with Crippen LogP contribution in [0.1, 0.15) is 66.2 Å². The standard InChI is InChI=1S/C17H28O/c1-15(2)9-6-10-16(3)13(15)8-11-17(4)14(16)7-5-12-18-17/h5,12-14H,6-11H2,1-4H3. The van der Waals surface area contributed by atoms with E-state index < -0.39 is 0 Å². The van der Waals surface area contributed by atoms with Gasteiger partial charge in [0.15, 0.2) is 0 Å². The molecule has 1 heteroatoms. The SMILES string of the molecule is CC1(C)CCCC2(C)C1CCC1(C)OC=CCC12. The Morgan fingerprint density at radius 1 is 1.00 bits per heavy atom. The van der Waals surface area contributed by atoms with Crippen molar-refractivity contribution >= 4 is 0 Å². The molecule has 3 rings (SSSR count). The van der Waals surface area contributed by atoms with Crippen molar-refractivity contribution < 1.29 is 4.74 Å². The van der Waals surface area contributed by atoms with Crippen molar-refractivity contribution in [2.75, 3.05) is 0 Å². The Labute approximate surface area is 112 Å². The number of allylic oxidation sites excluding steroid dienone is 1. The van der Waals surface area contributed by atoms with Crippen molar-refractivity contribution in [3.05, 3.63) is 12.3 Å². The first-order valence-corrected chi connectivity index (χ1v) is 7.71. The van der Waals surface area contributed by atoms with E-state index in [1.807, 2.05) is 6.26 Å². The van der Waals surface area contributed by atoms with Gasteiger partial charge in [-0.2, -0.15) is 0 Å². The lowest BCUT2D eigenvalue weighted by molar-refractivity contribution is -0.175. The van der Waals surface area contributed by atoms with E-state index in [-0.39, 0.29) is 5.60 Å². The van der Waals surface area contributed by atoms with E-state index in [9.17, 15) is 0 Å². The summed E-state index contributed by atoms with van der Waals surface area (Å²) in [5, 5.41) is 0. The smallest absolute Gasteiger partial charge is 0.109 e. The summed E-state index contributed by atoms with van der Waals surface area (Å²) in [5.41, 5.74) is 1.11. The van der Waals surface area contributed by atoms with E-state index in [0.29, 0.717) is 16.7 Å². The Morgan fingerprint density at radius 2 is 1.78 bits per heavy atom. The first kappa shape index (κ1) is 12.6. The average Bonchev–Trinajstić information content (AvgIpc) is 2.27.